The van der Waals surface area contributed by atoms with Crippen molar-refractivity contribution in [2.45, 2.75) is 13.0 Å². The Morgan fingerprint density at radius 1 is 1.08 bits per heavy atom. The average molecular weight is 328 g/mol. The minimum absolute atomic E-state index is 0.266. The van der Waals surface area contributed by atoms with Gasteiger partial charge in [-0.2, -0.15) is 0 Å². The highest BCUT2D eigenvalue weighted by Crippen LogP contribution is 2.38. The predicted molar refractivity (Wildman–Crippen MR) is 93.6 cm³/mol. The van der Waals surface area contributed by atoms with Crippen molar-refractivity contribution in [3.05, 3.63) is 53.6 Å². The van der Waals surface area contributed by atoms with Crippen LogP contribution < -0.4 is 19.9 Å². The summed E-state index contributed by atoms with van der Waals surface area (Å²) in [5, 5.41) is 0. The van der Waals surface area contributed by atoms with E-state index in [9.17, 15) is 0 Å². The van der Waals surface area contributed by atoms with Crippen LogP contribution in [0, 0.1) is 0 Å². The Bertz CT molecular complexity index is 661. The molecule has 0 radical (unpaired) electrons. The molecule has 2 aromatic carbocycles. The highest BCUT2D eigenvalue weighted by molar-refractivity contribution is 5.51. The predicted octanol–water partition coefficient (Wildman–Crippen LogP) is 2.43. The van der Waals surface area contributed by atoms with Crippen LogP contribution in [0.15, 0.2) is 42.5 Å². The van der Waals surface area contributed by atoms with Crippen LogP contribution in [-0.2, 0) is 13.0 Å². The molecule has 0 atom stereocenters. The molecule has 1 aliphatic rings. The third kappa shape index (κ3) is 3.99. The second kappa shape index (κ2) is 8.04. The molecule has 3 rings (SSSR count). The molecule has 5 nitrogen and oxygen atoms in total. The number of ether oxygens (including phenoxy) is 3. The second-order valence-corrected chi connectivity index (χ2v) is 5.82. The van der Waals surface area contributed by atoms with Gasteiger partial charge in [-0.05, 0) is 18.1 Å². The molecule has 0 amide bonds. The Hall–Kier alpha value is -2.24. The van der Waals surface area contributed by atoms with E-state index in [4.69, 9.17) is 19.9 Å². The Morgan fingerprint density at radius 2 is 1.83 bits per heavy atom. The summed E-state index contributed by atoms with van der Waals surface area (Å²) in [7, 11) is 1.68. The van der Waals surface area contributed by atoms with E-state index in [0.29, 0.717) is 6.54 Å². The van der Waals surface area contributed by atoms with Crippen LogP contribution in [0.3, 0.4) is 0 Å². The van der Waals surface area contributed by atoms with Crippen LogP contribution in [-0.4, -0.2) is 38.4 Å². The van der Waals surface area contributed by atoms with Crippen LogP contribution in [0.1, 0.15) is 11.1 Å². The topological polar surface area (TPSA) is 57.0 Å². The van der Waals surface area contributed by atoms with E-state index in [0.717, 1.165) is 48.9 Å². The summed E-state index contributed by atoms with van der Waals surface area (Å²) in [6.07, 6.45) is 0.994. The van der Waals surface area contributed by atoms with Gasteiger partial charge in [-0.3, -0.25) is 4.90 Å². The number of fused-ring (bicyclic) bond motifs is 1. The first-order valence-electron chi connectivity index (χ1n) is 8.23. The van der Waals surface area contributed by atoms with Crippen molar-refractivity contribution in [2.24, 2.45) is 5.73 Å². The summed E-state index contributed by atoms with van der Waals surface area (Å²) in [6.45, 7) is 3.44. The van der Waals surface area contributed by atoms with Gasteiger partial charge in [0.05, 0.1) is 7.11 Å². The van der Waals surface area contributed by atoms with Crippen molar-refractivity contribution in [1.82, 2.24) is 4.90 Å². The SMILES string of the molecule is COc1cc2c(cc1CN(CCN)CCc1ccccc1)OCO2. The maximum Gasteiger partial charge on any atom is 0.231 e. The van der Waals surface area contributed by atoms with Crippen molar-refractivity contribution in [3.63, 3.8) is 0 Å². The number of nitrogens with two attached hydrogens (primary N) is 1. The van der Waals surface area contributed by atoms with E-state index in [2.05, 4.69) is 29.2 Å². The molecule has 128 valence electrons. The lowest BCUT2D eigenvalue weighted by Crippen LogP contribution is -2.31. The summed E-state index contributed by atoms with van der Waals surface area (Å²) < 4.78 is 16.4. The molecular formula is C19H24N2O3. The Balaban J connectivity index is 1.71. The number of nitrogens with zero attached hydrogens (tertiary/aromatic N) is 1. The van der Waals surface area contributed by atoms with Crippen LogP contribution in [0.2, 0.25) is 0 Å². The molecule has 0 aromatic heterocycles. The van der Waals surface area contributed by atoms with E-state index < -0.39 is 0 Å². The van der Waals surface area contributed by atoms with E-state index in [-0.39, 0.29) is 6.79 Å². The summed E-state index contributed by atoms with van der Waals surface area (Å²) >= 11 is 0. The lowest BCUT2D eigenvalue weighted by molar-refractivity contribution is 0.173. The third-order valence-corrected chi connectivity index (χ3v) is 4.17. The minimum atomic E-state index is 0.266. The first-order chi connectivity index (χ1) is 11.8. The zero-order chi connectivity index (χ0) is 16.8. The number of hydrogen-bond donors (Lipinski definition) is 1. The standard InChI is InChI=1S/C19H24N2O3/c1-22-17-12-19-18(23-14-24-19)11-16(17)13-21(10-8-20)9-7-15-5-3-2-4-6-15/h2-6,11-12H,7-10,13-14,20H2,1H3. The van der Waals surface area contributed by atoms with E-state index in [1.54, 1.807) is 7.11 Å². The molecule has 24 heavy (non-hydrogen) atoms. The first-order valence-corrected chi connectivity index (χ1v) is 8.23. The van der Waals surface area contributed by atoms with Crippen LogP contribution in [0.5, 0.6) is 17.2 Å². The second-order valence-electron chi connectivity index (χ2n) is 5.82. The molecule has 2 aromatic rings. The Labute approximate surface area is 142 Å². The maximum absolute atomic E-state index is 5.80. The van der Waals surface area contributed by atoms with Gasteiger partial charge in [-0.1, -0.05) is 30.3 Å². The summed E-state index contributed by atoms with van der Waals surface area (Å²) in [6, 6.07) is 14.4. The molecule has 0 saturated carbocycles. The van der Waals surface area contributed by atoms with Crippen molar-refractivity contribution >= 4 is 0 Å². The molecule has 0 aliphatic carbocycles. The molecule has 5 heteroatoms. The van der Waals surface area contributed by atoms with Crippen molar-refractivity contribution in [2.75, 3.05) is 33.5 Å². The molecule has 0 fully saturated rings. The molecule has 0 saturated heterocycles. The summed E-state index contributed by atoms with van der Waals surface area (Å²) in [4.78, 5) is 2.34. The van der Waals surface area contributed by atoms with Gasteiger partial charge in [0, 0.05) is 37.8 Å². The maximum atomic E-state index is 5.80. The fourth-order valence-corrected chi connectivity index (χ4v) is 2.90. The highest BCUT2D eigenvalue weighted by Gasteiger charge is 2.19. The zero-order valence-corrected chi connectivity index (χ0v) is 14.0. The smallest absolute Gasteiger partial charge is 0.231 e. The molecule has 1 heterocycles. The first kappa shape index (κ1) is 16.6. The van der Waals surface area contributed by atoms with Crippen LogP contribution in [0.25, 0.3) is 0 Å². The van der Waals surface area contributed by atoms with Gasteiger partial charge in [0.25, 0.3) is 0 Å². The van der Waals surface area contributed by atoms with E-state index >= 15 is 0 Å². The number of methoxy groups -OCH3 is 1. The van der Waals surface area contributed by atoms with Gasteiger partial charge in [0.1, 0.15) is 5.75 Å². The molecular weight excluding hydrogens is 304 g/mol. The highest BCUT2D eigenvalue weighted by atomic mass is 16.7. The fraction of sp³-hybridized carbons (Fsp3) is 0.368. The number of benzene rings is 2. The van der Waals surface area contributed by atoms with Gasteiger partial charge in [0.15, 0.2) is 11.5 Å². The molecule has 1 aliphatic heterocycles. The largest absolute Gasteiger partial charge is 0.496 e. The van der Waals surface area contributed by atoms with Gasteiger partial charge < -0.3 is 19.9 Å². The lowest BCUT2D eigenvalue weighted by Gasteiger charge is -2.23. The normalized spacial score (nSPS) is 12.6. The molecule has 0 spiro atoms. The molecule has 2 N–H and O–H groups in total. The Kier molecular flexibility index (Phi) is 5.56. The van der Waals surface area contributed by atoms with Gasteiger partial charge in [-0.25, -0.2) is 0 Å². The molecule has 0 unspecified atom stereocenters. The minimum Gasteiger partial charge on any atom is -0.496 e. The summed E-state index contributed by atoms with van der Waals surface area (Å²) in [5.41, 5.74) is 8.21. The third-order valence-electron chi connectivity index (χ3n) is 4.17. The van der Waals surface area contributed by atoms with E-state index in [1.807, 2.05) is 18.2 Å². The monoisotopic (exact) mass is 328 g/mol. The van der Waals surface area contributed by atoms with Gasteiger partial charge in [-0.15, -0.1) is 0 Å². The number of rotatable bonds is 8. The van der Waals surface area contributed by atoms with E-state index in [1.165, 1.54) is 5.56 Å². The van der Waals surface area contributed by atoms with Crippen molar-refractivity contribution in [3.8, 4) is 17.2 Å². The molecule has 0 bridgehead atoms. The van der Waals surface area contributed by atoms with Crippen molar-refractivity contribution < 1.29 is 14.2 Å². The Morgan fingerprint density at radius 3 is 2.54 bits per heavy atom. The van der Waals surface area contributed by atoms with Crippen LogP contribution >= 0.6 is 0 Å². The van der Waals surface area contributed by atoms with Gasteiger partial charge in [0.2, 0.25) is 6.79 Å². The van der Waals surface area contributed by atoms with Crippen molar-refractivity contribution in [1.29, 1.82) is 0 Å². The lowest BCUT2D eigenvalue weighted by atomic mass is 10.1. The zero-order valence-electron chi connectivity index (χ0n) is 14.0. The van der Waals surface area contributed by atoms with Crippen LogP contribution in [0.4, 0.5) is 0 Å². The quantitative estimate of drug-likeness (QED) is 0.806. The summed E-state index contributed by atoms with van der Waals surface area (Å²) in [5.74, 6) is 2.34. The number of hydrogen-bond acceptors (Lipinski definition) is 5. The van der Waals surface area contributed by atoms with Gasteiger partial charge >= 0.3 is 0 Å². The average Bonchev–Trinajstić information content (AvgIpc) is 3.07. The fourth-order valence-electron chi connectivity index (χ4n) is 2.90.